The van der Waals surface area contributed by atoms with Crippen molar-refractivity contribution in [2.75, 3.05) is 0 Å². The Hall–Kier alpha value is -1.41. The lowest BCUT2D eigenvalue weighted by molar-refractivity contribution is 0.0993. The van der Waals surface area contributed by atoms with Gasteiger partial charge in [-0.3, -0.25) is 4.79 Å². The summed E-state index contributed by atoms with van der Waals surface area (Å²) in [6, 6.07) is 8.09. The zero-order valence-electron chi connectivity index (χ0n) is 9.49. The number of hydrogen-bond acceptors (Lipinski definition) is 2. The Labute approximate surface area is 99.8 Å². The summed E-state index contributed by atoms with van der Waals surface area (Å²) in [5.41, 5.74) is 4.44. The van der Waals surface area contributed by atoms with Gasteiger partial charge in [0.2, 0.25) is 0 Å². The number of rotatable bonds is 3. The van der Waals surface area contributed by atoms with Crippen LogP contribution in [0.1, 0.15) is 27.0 Å². The van der Waals surface area contributed by atoms with Crippen molar-refractivity contribution < 1.29 is 4.79 Å². The number of thiophene rings is 1. The Morgan fingerprint density at radius 3 is 2.62 bits per heavy atom. The first-order valence-electron chi connectivity index (χ1n) is 5.28. The van der Waals surface area contributed by atoms with Crippen molar-refractivity contribution in [2.24, 2.45) is 0 Å². The molecule has 2 heteroatoms. The molecule has 16 heavy (non-hydrogen) atoms. The summed E-state index contributed by atoms with van der Waals surface area (Å²) >= 11 is 1.56. The van der Waals surface area contributed by atoms with E-state index in [4.69, 9.17) is 0 Å². The van der Waals surface area contributed by atoms with Gasteiger partial charge < -0.3 is 0 Å². The standard InChI is InChI=1S/C14H14OS/c1-10-3-4-12(7-11(10)2)8-14(15)13-5-6-16-9-13/h3-7,9H,8H2,1-2H3. The SMILES string of the molecule is Cc1ccc(CC(=O)c2ccsc2)cc1C. The number of hydrogen-bond donors (Lipinski definition) is 0. The molecule has 2 aromatic rings. The topological polar surface area (TPSA) is 17.1 Å². The van der Waals surface area contributed by atoms with Crippen molar-refractivity contribution in [1.82, 2.24) is 0 Å². The van der Waals surface area contributed by atoms with Gasteiger partial charge in [-0.1, -0.05) is 18.2 Å². The highest BCUT2D eigenvalue weighted by atomic mass is 32.1. The van der Waals surface area contributed by atoms with E-state index in [0.29, 0.717) is 6.42 Å². The van der Waals surface area contributed by atoms with Crippen molar-refractivity contribution in [3.8, 4) is 0 Å². The quantitative estimate of drug-likeness (QED) is 0.733. The minimum atomic E-state index is 0.199. The highest BCUT2D eigenvalue weighted by Gasteiger charge is 2.07. The van der Waals surface area contributed by atoms with Crippen LogP contribution in [0.2, 0.25) is 0 Å². The smallest absolute Gasteiger partial charge is 0.168 e. The van der Waals surface area contributed by atoms with E-state index in [0.717, 1.165) is 11.1 Å². The molecule has 0 atom stereocenters. The molecule has 82 valence electrons. The van der Waals surface area contributed by atoms with E-state index in [1.54, 1.807) is 11.3 Å². The maximum absolute atomic E-state index is 11.9. The van der Waals surface area contributed by atoms with Gasteiger partial charge in [0.05, 0.1) is 0 Å². The molecule has 0 bridgehead atoms. The van der Waals surface area contributed by atoms with E-state index >= 15 is 0 Å². The molecule has 0 saturated carbocycles. The number of carbonyl (C=O) groups excluding carboxylic acids is 1. The third-order valence-corrected chi connectivity index (χ3v) is 3.46. The third kappa shape index (κ3) is 2.39. The molecule has 1 aromatic heterocycles. The first-order chi connectivity index (χ1) is 7.66. The summed E-state index contributed by atoms with van der Waals surface area (Å²) < 4.78 is 0. The second-order valence-electron chi connectivity index (χ2n) is 4.03. The van der Waals surface area contributed by atoms with Crippen LogP contribution in [-0.4, -0.2) is 5.78 Å². The molecule has 2 rings (SSSR count). The van der Waals surface area contributed by atoms with Crippen LogP contribution in [-0.2, 0) is 6.42 Å². The van der Waals surface area contributed by atoms with E-state index in [-0.39, 0.29) is 5.78 Å². The maximum Gasteiger partial charge on any atom is 0.168 e. The fourth-order valence-electron chi connectivity index (χ4n) is 1.62. The zero-order chi connectivity index (χ0) is 11.5. The van der Waals surface area contributed by atoms with Gasteiger partial charge in [-0.15, -0.1) is 0 Å². The van der Waals surface area contributed by atoms with Gasteiger partial charge in [-0.2, -0.15) is 11.3 Å². The largest absolute Gasteiger partial charge is 0.294 e. The van der Waals surface area contributed by atoms with Gasteiger partial charge in [0, 0.05) is 17.4 Å². The molecule has 1 heterocycles. The Kier molecular flexibility index (Phi) is 3.20. The minimum absolute atomic E-state index is 0.199. The van der Waals surface area contributed by atoms with Crippen LogP contribution in [0.4, 0.5) is 0 Å². The molecular weight excluding hydrogens is 216 g/mol. The number of aryl methyl sites for hydroxylation is 2. The summed E-state index contributed by atoms with van der Waals surface area (Å²) in [7, 11) is 0. The molecular formula is C14H14OS. The van der Waals surface area contributed by atoms with Crippen molar-refractivity contribution in [1.29, 1.82) is 0 Å². The summed E-state index contributed by atoms with van der Waals surface area (Å²) in [5.74, 6) is 0.199. The molecule has 0 aliphatic rings. The van der Waals surface area contributed by atoms with Crippen molar-refractivity contribution >= 4 is 17.1 Å². The molecule has 0 aliphatic carbocycles. The van der Waals surface area contributed by atoms with Gasteiger partial charge in [0.25, 0.3) is 0 Å². The predicted octanol–water partition coefficient (Wildman–Crippen LogP) is 3.79. The molecule has 0 N–H and O–H groups in total. The second-order valence-corrected chi connectivity index (χ2v) is 4.81. The predicted molar refractivity (Wildman–Crippen MR) is 68.3 cm³/mol. The lowest BCUT2D eigenvalue weighted by Crippen LogP contribution is -2.02. The first-order valence-corrected chi connectivity index (χ1v) is 6.22. The van der Waals surface area contributed by atoms with Crippen LogP contribution in [0.5, 0.6) is 0 Å². The van der Waals surface area contributed by atoms with Crippen molar-refractivity contribution in [2.45, 2.75) is 20.3 Å². The van der Waals surface area contributed by atoms with Crippen molar-refractivity contribution in [3.63, 3.8) is 0 Å². The van der Waals surface area contributed by atoms with E-state index in [1.165, 1.54) is 11.1 Å². The average Bonchev–Trinajstić information content (AvgIpc) is 2.77. The van der Waals surface area contributed by atoms with Gasteiger partial charge in [-0.05, 0) is 42.0 Å². The highest BCUT2D eigenvalue weighted by molar-refractivity contribution is 7.08. The summed E-state index contributed by atoms with van der Waals surface area (Å²) in [6.45, 7) is 4.16. The second kappa shape index (κ2) is 4.62. The highest BCUT2D eigenvalue weighted by Crippen LogP contribution is 2.14. The molecule has 0 fully saturated rings. The number of carbonyl (C=O) groups is 1. The monoisotopic (exact) mass is 230 g/mol. The Morgan fingerprint density at radius 2 is 2.00 bits per heavy atom. The Morgan fingerprint density at radius 1 is 1.19 bits per heavy atom. The molecule has 0 spiro atoms. The fraction of sp³-hybridized carbons (Fsp3) is 0.214. The fourth-order valence-corrected chi connectivity index (χ4v) is 2.28. The van der Waals surface area contributed by atoms with E-state index in [2.05, 4.69) is 26.0 Å². The number of ketones is 1. The number of Topliss-reactive ketones (excluding diaryl/α,β-unsaturated/α-hetero) is 1. The molecule has 1 aromatic carbocycles. The van der Waals surface area contributed by atoms with Crippen LogP contribution in [0.15, 0.2) is 35.0 Å². The first kappa shape index (κ1) is 11.1. The van der Waals surface area contributed by atoms with Gasteiger partial charge in [0.1, 0.15) is 0 Å². The van der Waals surface area contributed by atoms with Gasteiger partial charge in [-0.25, -0.2) is 0 Å². The maximum atomic E-state index is 11.9. The lowest BCUT2D eigenvalue weighted by atomic mass is 10.0. The molecule has 0 aliphatic heterocycles. The Bertz CT molecular complexity index is 497. The summed E-state index contributed by atoms with van der Waals surface area (Å²) in [6.07, 6.45) is 0.498. The van der Waals surface area contributed by atoms with Crippen LogP contribution in [0, 0.1) is 13.8 Å². The lowest BCUT2D eigenvalue weighted by Gasteiger charge is -2.04. The van der Waals surface area contributed by atoms with Crippen molar-refractivity contribution in [3.05, 3.63) is 57.3 Å². The van der Waals surface area contributed by atoms with E-state index in [9.17, 15) is 4.79 Å². The van der Waals surface area contributed by atoms with E-state index < -0.39 is 0 Å². The molecule has 1 nitrogen and oxygen atoms in total. The normalized spacial score (nSPS) is 10.4. The zero-order valence-corrected chi connectivity index (χ0v) is 10.3. The third-order valence-electron chi connectivity index (χ3n) is 2.78. The van der Waals surface area contributed by atoms with Gasteiger partial charge in [0.15, 0.2) is 5.78 Å². The molecule has 0 unspecified atom stereocenters. The molecule has 0 saturated heterocycles. The number of benzene rings is 1. The Balaban J connectivity index is 2.15. The average molecular weight is 230 g/mol. The van der Waals surface area contributed by atoms with E-state index in [1.807, 2.05) is 22.9 Å². The minimum Gasteiger partial charge on any atom is -0.294 e. The summed E-state index contributed by atoms with van der Waals surface area (Å²) in [5, 5.41) is 3.84. The summed E-state index contributed by atoms with van der Waals surface area (Å²) in [4.78, 5) is 11.9. The molecule has 0 radical (unpaired) electrons. The van der Waals surface area contributed by atoms with Crippen LogP contribution >= 0.6 is 11.3 Å². The van der Waals surface area contributed by atoms with Crippen LogP contribution in [0.3, 0.4) is 0 Å². The molecule has 0 amide bonds. The van der Waals surface area contributed by atoms with Crippen LogP contribution < -0.4 is 0 Å². The van der Waals surface area contributed by atoms with Crippen LogP contribution in [0.25, 0.3) is 0 Å². The van der Waals surface area contributed by atoms with Gasteiger partial charge >= 0.3 is 0 Å².